The zero-order valence-electron chi connectivity index (χ0n) is 17.9. The number of unbranched alkanes of at least 4 members (excludes halogenated alkanes) is 1. The van der Waals surface area contributed by atoms with E-state index < -0.39 is 5.69 Å². The molecule has 0 radical (unpaired) electrons. The van der Waals surface area contributed by atoms with Gasteiger partial charge in [0.05, 0.1) is 5.75 Å². The highest BCUT2D eigenvalue weighted by atomic mass is 32.2. The number of carbonyl (C=O) groups is 1. The van der Waals surface area contributed by atoms with Gasteiger partial charge in [0.25, 0.3) is 5.56 Å². The fraction of sp³-hybridized carbons (Fsp3) is 0.684. The van der Waals surface area contributed by atoms with E-state index in [0.29, 0.717) is 22.9 Å². The van der Waals surface area contributed by atoms with Gasteiger partial charge >= 0.3 is 5.69 Å². The fourth-order valence-corrected chi connectivity index (χ4v) is 4.32. The van der Waals surface area contributed by atoms with E-state index in [9.17, 15) is 14.4 Å². The molecular weight excluding hydrogens is 378 g/mol. The van der Waals surface area contributed by atoms with Gasteiger partial charge in [-0.15, -0.1) is 0 Å². The minimum Gasteiger partial charge on any atom is -0.337 e. The molecule has 0 aliphatic heterocycles. The van der Waals surface area contributed by atoms with E-state index in [1.807, 2.05) is 37.2 Å². The van der Waals surface area contributed by atoms with Crippen molar-refractivity contribution in [2.45, 2.75) is 71.2 Å². The smallest absolute Gasteiger partial charge is 0.332 e. The third kappa shape index (κ3) is 4.19. The third-order valence-corrected chi connectivity index (χ3v) is 5.73. The number of amides is 1. The van der Waals surface area contributed by atoms with Gasteiger partial charge < -0.3 is 9.47 Å². The first-order chi connectivity index (χ1) is 13.1. The Morgan fingerprint density at radius 2 is 1.71 bits per heavy atom. The van der Waals surface area contributed by atoms with Crippen molar-refractivity contribution in [3.63, 3.8) is 0 Å². The third-order valence-electron chi connectivity index (χ3n) is 4.77. The Morgan fingerprint density at radius 3 is 2.25 bits per heavy atom. The van der Waals surface area contributed by atoms with Crippen LogP contribution in [-0.4, -0.2) is 47.3 Å². The normalized spacial score (nSPS) is 11.8. The lowest BCUT2D eigenvalue weighted by Gasteiger charge is -2.30. The van der Waals surface area contributed by atoms with Crippen molar-refractivity contribution in [3.8, 4) is 0 Å². The van der Waals surface area contributed by atoms with Gasteiger partial charge in [0.1, 0.15) is 0 Å². The second-order valence-corrected chi connectivity index (χ2v) is 8.50. The number of aryl methyl sites for hydroxylation is 2. The SMILES string of the molecule is CCCCn1c(SCC(=O)N(C(C)C)C(C)C)nc2c1c(=O)n(C)c(=O)n2C. The van der Waals surface area contributed by atoms with Crippen molar-refractivity contribution in [3.05, 3.63) is 20.8 Å². The Labute approximate surface area is 169 Å². The summed E-state index contributed by atoms with van der Waals surface area (Å²) in [5.74, 6) is 0.269. The molecule has 0 spiro atoms. The number of thioether (sulfide) groups is 1. The zero-order chi connectivity index (χ0) is 21.2. The molecule has 2 rings (SSSR count). The highest BCUT2D eigenvalue weighted by Crippen LogP contribution is 2.23. The molecule has 2 heterocycles. The Balaban J connectivity index is 2.48. The molecular formula is C19H31N5O3S. The largest absolute Gasteiger partial charge is 0.337 e. The van der Waals surface area contributed by atoms with Gasteiger partial charge in [-0.05, 0) is 34.1 Å². The van der Waals surface area contributed by atoms with Gasteiger partial charge in [0, 0.05) is 32.7 Å². The molecule has 9 heteroatoms. The number of rotatable bonds is 8. The summed E-state index contributed by atoms with van der Waals surface area (Å²) in [6.45, 7) is 10.7. The van der Waals surface area contributed by atoms with Crippen LogP contribution in [0.5, 0.6) is 0 Å². The van der Waals surface area contributed by atoms with Gasteiger partial charge in [-0.25, -0.2) is 9.78 Å². The molecule has 0 unspecified atom stereocenters. The predicted octanol–water partition coefficient (Wildman–Crippen LogP) is 1.97. The number of hydrogen-bond donors (Lipinski definition) is 0. The second-order valence-electron chi connectivity index (χ2n) is 7.55. The van der Waals surface area contributed by atoms with Crippen LogP contribution in [0.3, 0.4) is 0 Å². The molecule has 1 amide bonds. The molecule has 2 aromatic rings. The van der Waals surface area contributed by atoms with Crippen molar-refractivity contribution in [2.24, 2.45) is 14.1 Å². The predicted molar refractivity (Wildman–Crippen MR) is 113 cm³/mol. The number of fused-ring (bicyclic) bond motifs is 1. The minimum absolute atomic E-state index is 0.0332. The Bertz CT molecular complexity index is 963. The number of imidazole rings is 1. The first-order valence-electron chi connectivity index (χ1n) is 9.71. The summed E-state index contributed by atoms with van der Waals surface area (Å²) < 4.78 is 4.35. The zero-order valence-corrected chi connectivity index (χ0v) is 18.7. The first kappa shape index (κ1) is 22.3. The molecule has 0 aliphatic carbocycles. The van der Waals surface area contributed by atoms with Crippen molar-refractivity contribution in [2.75, 3.05) is 5.75 Å². The van der Waals surface area contributed by atoms with Gasteiger partial charge in [-0.3, -0.25) is 18.7 Å². The topological polar surface area (TPSA) is 82.1 Å². The summed E-state index contributed by atoms with van der Waals surface area (Å²) in [5.41, 5.74) is 0.0169. The molecule has 0 fully saturated rings. The number of hydrogen-bond acceptors (Lipinski definition) is 5. The summed E-state index contributed by atoms with van der Waals surface area (Å²) in [4.78, 5) is 44.1. The molecule has 0 atom stereocenters. The maximum atomic E-state index is 12.7. The van der Waals surface area contributed by atoms with E-state index in [2.05, 4.69) is 11.9 Å². The summed E-state index contributed by atoms with van der Waals surface area (Å²) in [7, 11) is 3.08. The number of aromatic nitrogens is 4. The summed E-state index contributed by atoms with van der Waals surface area (Å²) in [6, 6.07) is 0.222. The van der Waals surface area contributed by atoms with Crippen molar-refractivity contribution < 1.29 is 4.79 Å². The molecule has 0 aromatic carbocycles. The maximum Gasteiger partial charge on any atom is 0.332 e. The summed E-state index contributed by atoms with van der Waals surface area (Å²) in [5, 5.41) is 0.600. The Hall–Kier alpha value is -2.03. The van der Waals surface area contributed by atoms with Gasteiger partial charge in [0.2, 0.25) is 5.91 Å². The molecule has 28 heavy (non-hydrogen) atoms. The lowest BCUT2D eigenvalue weighted by atomic mass is 10.2. The number of nitrogens with zero attached hydrogens (tertiary/aromatic N) is 5. The molecule has 2 aromatic heterocycles. The summed E-state index contributed by atoms with van der Waals surface area (Å²) >= 11 is 1.32. The van der Waals surface area contributed by atoms with Crippen molar-refractivity contribution in [1.82, 2.24) is 23.6 Å². The molecule has 0 bridgehead atoms. The van der Waals surface area contributed by atoms with Gasteiger partial charge in [-0.2, -0.15) is 0 Å². The van der Waals surface area contributed by atoms with E-state index in [1.54, 1.807) is 7.05 Å². The van der Waals surface area contributed by atoms with Crippen molar-refractivity contribution >= 4 is 28.8 Å². The van der Waals surface area contributed by atoms with Gasteiger partial charge in [-0.1, -0.05) is 25.1 Å². The van der Waals surface area contributed by atoms with E-state index in [0.717, 1.165) is 17.4 Å². The van der Waals surface area contributed by atoms with E-state index in [1.165, 1.54) is 23.4 Å². The van der Waals surface area contributed by atoms with E-state index in [-0.39, 0.29) is 29.3 Å². The fourth-order valence-electron chi connectivity index (χ4n) is 3.43. The average molecular weight is 410 g/mol. The molecule has 0 aliphatic rings. The highest BCUT2D eigenvalue weighted by Gasteiger charge is 2.23. The van der Waals surface area contributed by atoms with Crippen LogP contribution < -0.4 is 11.2 Å². The molecule has 8 nitrogen and oxygen atoms in total. The van der Waals surface area contributed by atoms with Crippen LogP contribution in [-0.2, 0) is 25.4 Å². The van der Waals surface area contributed by atoms with E-state index in [4.69, 9.17) is 0 Å². The van der Waals surface area contributed by atoms with Crippen LogP contribution >= 0.6 is 11.8 Å². The Kier molecular flexibility index (Phi) is 7.14. The number of carbonyl (C=O) groups excluding carboxylic acids is 1. The molecule has 0 saturated heterocycles. The van der Waals surface area contributed by atoms with Crippen LogP contribution in [0.1, 0.15) is 47.5 Å². The molecule has 0 saturated carbocycles. The van der Waals surface area contributed by atoms with Crippen molar-refractivity contribution in [1.29, 1.82) is 0 Å². The molecule has 0 N–H and O–H groups in total. The van der Waals surface area contributed by atoms with Crippen LogP contribution in [0, 0.1) is 0 Å². The highest BCUT2D eigenvalue weighted by molar-refractivity contribution is 7.99. The second kappa shape index (κ2) is 8.98. The van der Waals surface area contributed by atoms with Crippen LogP contribution in [0.4, 0.5) is 0 Å². The maximum absolute atomic E-state index is 12.7. The van der Waals surface area contributed by atoms with Crippen LogP contribution in [0.15, 0.2) is 14.7 Å². The first-order valence-corrected chi connectivity index (χ1v) is 10.7. The van der Waals surface area contributed by atoms with E-state index >= 15 is 0 Å². The molecule has 156 valence electrons. The van der Waals surface area contributed by atoms with Crippen LogP contribution in [0.2, 0.25) is 0 Å². The summed E-state index contributed by atoms with van der Waals surface area (Å²) in [6.07, 6.45) is 1.84. The standard InChI is InChI=1S/C19H31N5O3S/c1-8-9-10-23-15-16(21(6)19(27)22(7)17(15)26)20-18(23)28-11-14(25)24(12(2)3)13(4)5/h12-13H,8-11H2,1-7H3. The van der Waals surface area contributed by atoms with Gasteiger partial charge in [0.15, 0.2) is 16.3 Å². The monoisotopic (exact) mass is 409 g/mol. The lowest BCUT2D eigenvalue weighted by molar-refractivity contribution is -0.131. The minimum atomic E-state index is -0.406. The lowest BCUT2D eigenvalue weighted by Crippen LogP contribution is -2.43. The van der Waals surface area contributed by atoms with Crippen LogP contribution in [0.25, 0.3) is 11.2 Å². The average Bonchev–Trinajstić information content (AvgIpc) is 2.99. The quantitative estimate of drug-likeness (QED) is 0.623. The Morgan fingerprint density at radius 1 is 1.11 bits per heavy atom.